The Kier molecular flexibility index (Phi) is 3.49. The number of nitrogens with one attached hydrogen (secondary N) is 2. The molecule has 1 saturated carbocycles. The molecule has 1 aliphatic rings. The third-order valence-electron chi connectivity index (χ3n) is 3.29. The van der Waals surface area contributed by atoms with E-state index in [0.29, 0.717) is 0 Å². The van der Waals surface area contributed by atoms with E-state index in [-0.39, 0.29) is 0 Å². The molecule has 0 bridgehead atoms. The molecule has 0 amide bonds. The number of hydrogen-bond donors (Lipinski definition) is 2. The van der Waals surface area contributed by atoms with Gasteiger partial charge in [0.25, 0.3) is 0 Å². The van der Waals surface area contributed by atoms with Crippen LogP contribution >= 0.6 is 0 Å². The maximum atomic E-state index is 3.51. The van der Waals surface area contributed by atoms with Crippen LogP contribution in [0.3, 0.4) is 0 Å². The average molecular weight is 218 g/mol. The summed E-state index contributed by atoms with van der Waals surface area (Å²) in [5.74, 6) is 0. The lowest BCUT2D eigenvalue weighted by atomic mass is 10.1. The molecule has 1 aromatic carbocycles. The lowest BCUT2D eigenvalue weighted by molar-refractivity contribution is 0.701. The lowest BCUT2D eigenvalue weighted by Crippen LogP contribution is -2.24. The summed E-state index contributed by atoms with van der Waals surface area (Å²) in [6.45, 7) is 8.59. The number of anilines is 1. The Morgan fingerprint density at radius 3 is 2.38 bits per heavy atom. The average Bonchev–Trinajstić information content (AvgIpc) is 3.04. The first-order chi connectivity index (χ1) is 7.66. The number of benzene rings is 1. The molecule has 0 heterocycles. The molecule has 1 aliphatic carbocycles. The maximum absolute atomic E-state index is 3.51. The van der Waals surface area contributed by atoms with Crippen LogP contribution in [0, 0.1) is 20.8 Å². The van der Waals surface area contributed by atoms with E-state index < -0.39 is 0 Å². The summed E-state index contributed by atoms with van der Waals surface area (Å²) in [4.78, 5) is 0. The molecule has 0 atom stereocenters. The van der Waals surface area contributed by atoms with Crippen molar-refractivity contribution in [3.8, 4) is 0 Å². The standard InChI is InChI=1S/C14H22N2/c1-10-8-12(3)14(9-11(10)2)16-7-6-15-13-4-5-13/h8-9,13,15-16H,4-7H2,1-3H3. The largest absolute Gasteiger partial charge is 0.384 e. The molecule has 2 N–H and O–H groups in total. The predicted molar refractivity (Wildman–Crippen MR) is 70.2 cm³/mol. The summed E-state index contributed by atoms with van der Waals surface area (Å²) in [5, 5.41) is 7.01. The van der Waals surface area contributed by atoms with E-state index in [0.717, 1.165) is 19.1 Å². The van der Waals surface area contributed by atoms with Crippen LogP contribution in [-0.2, 0) is 0 Å². The summed E-state index contributed by atoms with van der Waals surface area (Å²) < 4.78 is 0. The van der Waals surface area contributed by atoms with Crippen molar-refractivity contribution in [2.24, 2.45) is 0 Å². The van der Waals surface area contributed by atoms with Gasteiger partial charge in [0.2, 0.25) is 0 Å². The number of hydrogen-bond acceptors (Lipinski definition) is 2. The highest BCUT2D eigenvalue weighted by Crippen LogP contribution is 2.20. The maximum Gasteiger partial charge on any atom is 0.0373 e. The van der Waals surface area contributed by atoms with Gasteiger partial charge in [-0.25, -0.2) is 0 Å². The van der Waals surface area contributed by atoms with Gasteiger partial charge in [-0.3, -0.25) is 0 Å². The van der Waals surface area contributed by atoms with Crippen LogP contribution in [0.1, 0.15) is 29.5 Å². The van der Waals surface area contributed by atoms with Crippen LogP contribution in [0.2, 0.25) is 0 Å². The fourth-order valence-corrected chi connectivity index (χ4v) is 1.91. The van der Waals surface area contributed by atoms with Gasteiger partial charge in [-0.2, -0.15) is 0 Å². The Morgan fingerprint density at radius 2 is 1.69 bits per heavy atom. The zero-order valence-electron chi connectivity index (χ0n) is 10.6. The molecule has 0 saturated heterocycles. The molecular weight excluding hydrogens is 196 g/mol. The van der Waals surface area contributed by atoms with Crippen LogP contribution < -0.4 is 10.6 Å². The van der Waals surface area contributed by atoms with Gasteiger partial charge in [0, 0.05) is 24.8 Å². The Balaban J connectivity index is 1.85. The van der Waals surface area contributed by atoms with Gasteiger partial charge in [-0.15, -0.1) is 0 Å². The number of rotatable bonds is 5. The van der Waals surface area contributed by atoms with Crippen LogP contribution in [0.15, 0.2) is 12.1 Å². The van der Waals surface area contributed by atoms with Gasteiger partial charge in [-0.05, 0) is 56.4 Å². The monoisotopic (exact) mass is 218 g/mol. The zero-order valence-corrected chi connectivity index (χ0v) is 10.6. The zero-order chi connectivity index (χ0) is 11.5. The van der Waals surface area contributed by atoms with Gasteiger partial charge >= 0.3 is 0 Å². The Labute approximate surface area is 98.4 Å². The van der Waals surface area contributed by atoms with Crippen molar-refractivity contribution in [1.29, 1.82) is 0 Å². The molecule has 2 rings (SSSR count). The molecule has 0 spiro atoms. The van der Waals surface area contributed by atoms with E-state index in [9.17, 15) is 0 Å². The first-order valence-corrected chi connectivity index (χ1v) is 6.22. The molecule has 1 fully saturated rings. The van der Waals surface area contributed by atoms with Gasteiger partial charge < -0.3 is 10.6 Å². The lowest BCUT2D eigenvalue weighted by Gasteiger charge is -2.12. The van der Waals surface area contributed by atoms with Crippen LogP contribution in [0.25, 0.3) is 0 Å². The molecule has 16 heavy (non-hydrogen) atoms. The van der Waals surface area contributed by atoms with Crippen molar-refractivity contribution in [3.63, 3.8) is 0 Å². The normalized spacial score (nSPS) is 15.2. The van der Waals surface area contributed by atoms with E-state index >= 15 is 0 Å². The first kappa shape index (κ1) is 11.5. The van der Waals surface area contributed by atoms with Crippen molar-refractivity contribution in [2.75, 3.05) is 18.4 Å². The SMILES string of the molecule is Cc1cc(C)c(NCCNC2CC2)cc1C. The van der Waals surface area contributed by atoms with Crippen LogP contribution in [0.5, 0.6) is 0 Å². The molecule has 0 aromatic heterocycles. The highest BCUT2D eigenvalue weighted by Gasteiger charge is 2.19. The molecule has 0 unspecified atom stereocenters. The summed E-state index contributed by atoms with van der Waals surface area (Å²) in [7, 11) is 0. The van der Waals surface area contributed by atoms with Crippen molar-refractivity contribution >= 4 is 5.69 Å². The van der Waals surface area contributed by atoms with Crippen molar-refractivity contribution in [2.45, 2.75) is 39.7 Å². The smallest absolute Gasteiger partial charge is 0.0373 e. The van der Waals surface area contributed by atoms with Crippen molar-refractivity contribution in [1.82, 2.24) is 5.32 Å². The topological polar surface area (TPSA) is 24.1 Å². The summed E-state index contributed by atoms with van der Waals surface area (Å²) in [5.41, 5.74) is 5.36. The fourth-order valence-electron chi connectivity index (χ4n) is 1.91. The first-order valence-electron chi connectivity index (χ1n) is 6.22. The van der Waals surface area contributed by atoms with E-state index in [1.165, 1.54) is 35.2 Å². The van der Waals surface area contributed by atoms with Crippen molar-refractivity contribution < 1.29 is 0 Å². The minimum Gasteiger partial charge on any atom is -0.384 e. The second kappa shape index (κ2) is 4.88. The highest BCUT2D eigenvalue weighted by atomic mass is 15.0. The minimum absolute atomic E-state index is 0.808. The third kappa shape index (κ3) is 2.99. The Morgan fingerprint density at radius 1 is 1.00 bits per heavy atom. The summed E-state index contributed by atoms with van der Waals surface area (Å²) in [6.07, 6.45) is 2.73. The minimum atomic E-state index is 0.808. The van der Waals surface area contributed by atoms with Gasteiger partial charge in [0.1, 0.15) is 0 Å². The predicted octanol–water partition coefficient (Wildman–Crippen LogP) is 2.78. The quantitative estimate of drug-likeness (QED) is 0.743. The van der Waals surface area contributed by atoms with Crippen LogP contribution in [-0.4, -0.2) is 19.1 Å². The van der Waals surface area contributed by atoms with Gasteiger partial charge in [0.05, 0.1) is 0 Å². The molecule has 1 aromatic rings. The summed E-state index contributed by atoms with van der Waals surface area (Å²) in [6, 6.07) is 5.32. The van der Waals surface area contributed by atoms with E-state index in [1.54, 1.807) is 0 Å². The van der Waals surface area contributed by atoms with E-state index in [4.69, 9.17) is 0 Å². The molecule has 0 aliphatic heterocycles. The molecular formula is C14H22N2. The fraction of sp³-hybridized carbons (Fsp3) is 0.571. The van der Waals surface area contributed by atoms with E-state index in [2.05, 4.69) is 43.5 Å². The van der Waals surface area contributed by atoms with Gasteiger partial charge in [-0.1, -0.05) is 6.07 Å². The molecule has 88 valence electrons. The summed E-state index contributed by atoms with van der Waals surface area (Å²) >= 11 is 0. The van der Waals surface area contributed by atoms with E-state index in [1.807, 2.05) is 0 Å². The Bertz CT molecular complexity index is 367. The molecule has 2 nitrogen and oxygen atoms in total. The molecule has 2 heteroatoms. The highest BCUT2D eigenvalue weighted by molar-refractivity contribution is 5.54. The Hall–Kier alpha value is -1.02. The van der Waals surface area contributed by atoms with Crippen LogP contribution in [0.4, 0.5) is 5.69 Å². The number of aryl methyl sites for hydroxylation is 3. The van der Waals surface area contributed by atoms with Gasteiger partial charge in [0.15, 0.2) is 0 Å². The second-order valence-corrected chi connectivity index (χ2v) is 4.91. The third-order valence-corrected chi connectivity index (χ3v) is 3.29. The van der Waals surface area contributed by atoms with Crippen molar-refractivity contribution in [3.05, 3.63) is 28.8 Å². The molecule has 0 radical (unpaired) electrons. The second-order valence-electron chi connectivity index (χ2n) is 4.91.